The highest BCUT2D eigenvalue weighted by atomic mass is 19.1. The lowest BCUT2D eigenvalue weighted by atomic mass is 9.91. The van der Waals surface area contributed by atoms with Crippen LogP contribution in [-0.2, 0) is 4.74 Å². The summed E-state index contributed by atoms with van der Waals surface area (Å²) in [5.74, 6) is 0.636. The van der Waals surface area contributed by atoms with E-state index in [9.17, 15) is 4.39 Å². The third-order valence-electron chi connectivity index (χ3n) is 3.50. The minimum absolute atomic E-state index is 0.0683. The number of benzene rings is 1. The van der Waals surface area contributed by atoms with E-state index in [1.165, 1.54) is 6.07 Å². The van der Waals surface area contributed by atoms with Crippen molar-refractivity contribution in [3.8, 4) is 5.75 Å². The van der Waals surface area contributed by atoms with E-state index in [0.717, 1.165) is 19.4 Å². The summed E-state index contributed by atoms with van der Waals surface area (Å²) in [5, 5.41) is 3.43. The van der Waals surface area contributed by atoms with Crippen molar-refractivity contribution >= 4 is 0 Å². The quantitative estimate of drug-likeness (QED) is 0.752. The van der Waals surface area contributed by atoms with Gasteiger partial charge in [-0.15, -0.1) is 0 Å². The zero-order valence-corrected chi connectivity index (χ0v) is 12.9. The van der Waals surface area contributed by atoms with Crippen molar-refractivity contribution in [2.45, 2.75) is 32.7 Å². The van der Waals surface area contributed by atoms with Gasteiger partial charge in [0.05, 0.1) is 7.11 Å². The summed E-state index contributed by atoms with van der Waals surface area (Å²) in [7, 11) is 3.26. The van der Waals surface area contributed by atoms with Crippen LogP contribution >= 0.6 is 0 Å². The third-order valence-corrected chi connectivity index (χ3v) is 3.50. The van der Waals surface area contributed by atoms with E-state index < -0.39 is 0 Å². The van der Waals surface area contributed by atoms with E-state index in [-0.39, 0.29) is 17.8 Å². The molecule has 1 N–H and O–H groups in total. The van der Waals surface area contributed by atoms with Crippen LogP contribution in [0.5, 0.6) is 5.75 Å². The first kappa shape index (κ1) is 16.9. The van der Waals surface area contributed by atoms with Gasteiger partial charge >= 0.3 is 0 Å². The summed E-state index contributed by atoms with van der Waals surface area (Å²) in [6.45, 7) is 5.72. The lowest BCUT2D eigenvalue weighted by Crippen LogP contribution is -2.29. The summed E-state index contributed by atoms with van der Waals surface area (Å²) >= 11 is 0. The molecule has 0 aromatic heterocycles. The predicted octanol–water partition coefficient (Wildman–Crippen LogP) is 3.55. The first-order valence-electron chi connectivity index (χ1n) is 7.20. The van der Waals surface area contributed by atoms with Gasteiger partial charge in [0.15, 0.2) is 0 Å². The molecular formula is C16H26FNO2. The number of methoxy groups -OCH3 is 2. The monoisotopic (exact) mass is 283 g/mol. The van der Waals surface area contributed by atoms with E-state index in [1.54, 1.807) is 20.3 Å². The molecule has 3 nitrogen and oxygen atoms in total. The number of nitrogens with one attached hydrogen (secondary N) is 1. The highest BCUT2D eigenvalue weighted by Crippen LogP contribution is 2.33. The normalized spacial score (nSPS) is 14.1. The van der Waals surface area contributed by atoms with Crippen molar-refractivity contribution in [3.63, 3.8) is 0 Å². The fourth-order valence-corrected chi connectivity index (χ4v) is 2.36. The molecule has 0 aliphatic heterocycles. The van der Waals surface area contributed by atoms with Crippen molar-refractivity contribution in [1.82, 2.24) is 5.32 Å². The number of ether oxygens (including phenoxy) is 2. The molecule has 0 spiro atoms. The lowest BCUT2D eigenvalue weighted by Gasteiger charge is -2.27. The Hall–Kier alpha value is -1.13. The average molecular weight is 283 g/mol. The standard InChI is InChI=1S/C16H26FNO2/c1-5-10-18-16(12(2)9-11-19-3)15-13(17)7-6-8-14(15)20-4/h6-8,12,16,18H,5,9-11H2,1-4H3. The molecule has 0 heterocycles. The van der Waals surface area contributed by atoms with E-state index in [0.29, 0.717) is 17.9 Å². The highest BCUT2D eigenvalue weighted by Gasteiger charge is 2.25. The van der Waals surface area contributed by atoms with Crippen LogP contribution in [-0.4, -0.2) is 27.4 Å². The molecule has 0 bridgehead atoms. The molecule has 1 rings (SSSR count). The highest BCUT2D eigenvalue weighted by molar-refractivity contribution is 5.37. The van der Waals surface area contributed by atoms with Gasteiger partial charge in [0.25, 0.3) is 0 Å². The summed E-state index contributed by atoms with van der Waals surface area (Å²) in [5.41, 5.74) is 0.618. The van der Waals surface area contributed by atoms with Gasteiger partial charge in [-0.3, -0.25) is 0 Å². The molecule has 4 heteroatoms. The minimum Gasteiger partial charge on any atom is -0.496 e. The summed E-state index contributed by atoms with van der Waals surface area (Å²) in [6, 6.07) is 4.90. The molecule has 114 valence electrons. The molecule has 0 aliphatic carbocycles. The second-order valence-electron chi connectivity index (χ2n) is 5.05. The number of halogens is 1. The maximum Gasteiger partial charge on any atom is 0.131 e. The number of hydrogen-bond acceptors (Lipinski definition) is 3. The van der Waals surface area contributed by atoms with E-state index in [2.05, 4.69) is 19.2 Å². The zero-order valence-electron chi connectivity index (χ0n) is 12.9. The maximum atomic E-state index is 14.2. The summed E-state index contributed by atoms with van der Waals surface area (Å²) in [4.78, 5) is 0. The van der Waals surface area contributed by atoms with Crippen LogP contribution in [0, 0.1) is 11.7 Å². The second kappa shape index (κ2) is 8.93. The van der Waals surface area contributed by atoms with Crippen LogP contribution in [0.3, 0.4) is 0 Å². The largest absolute Gasteiger partial charge is 0.496 e. The van der Waals surface area contributed by atoms with Crippen molar-refractivity contribution in [3.05, 3.63) is 29.6 Å². The summed E-state index contributed by atoms with van der Waals surface area (Å²) in [6.07, 6.45) is 1.87. The maximum absolute atomic E-state index is 14.2. The number of hydrogen-bond donors (Lipinski definition) is 1. The minimum atomic E-state index is -0.220. The van der Waals surface area contributed by atoms with Gasteiger partial charge in [-0.1, -0.05) is 19.9 Å². The first-order chi connectivity index (χ1) is 9.65. The summed E-state index contributed by atoms with van der Waals surface area (Å²) < 4.78 is 24.7. The SMILES string of the molecule is CCCNC(c1c(F)cccc1OC)C(C)CCOC. The van der Waals surface area contributed by atoms with Gasteiger partial charge in [0.2, 0.25) is 0 Å². The second-order valence-corrected chi connectivity index (χ2v) is 5.05. The first-order valence-corrected chi connectivity index (χ1v) is 7.20. The molecule has 1 aromatic carbocycles. The van der Waals surface area contributed by atoms with Crippen LogP contribution in [0.2, 0.25) is 0 Å². The molecule has 0 amide bonds. The van der Waals surface area contributed by atoms with E-state index in [1.807, 2.05) is 6.07 Å². The Morgan fingerprint density at radius 2 is 2.05 bits per heavy atom. The molecule has 2 atom stereocenters. The molecule has 0 radical (unpaired) electrons. The van der Waals surface area contributed by atoms with Crippen molar-refractivity contribution in [1.29, 1.82) is 0 Å². The van der Waals surface area contributed by atoms with Crippen LogP contribution < -0.4 is 10.1 Å². The Labute approximate surface area is 121 Å². The smallest absolute Gasteiger partial charge is 0.131 e. The molecule has 0 saturated carbocycles. The van der Waals surface area contributed by atoms with Crippen LogP contribution in [0.4, 0.5) is 4.39 Å². The molecule has 0 fully saturated rings. The predicted molar refractivity (Wildman–Crippen MR) is 79.6 cm³/mol. The van der Waals surface area contributed by atoms with Crippen molar-refractivity contribution in [2.24, 2.45) is 5.92 Å². The van der Waals surface area contributed by atoms with Gasteiger partial charge in [-0.05, 0) is 37.4 Å². The Morgan fingerprint density at radius 3 is 2.65 bits per heavy atom. The molecule has 0 aliphatic rings. The van der Waals surface area contributed by atoms with Gasteiger partial charge in [-0.2, -0.15) is 0 Å². The van der Waals surface area contributed by atoms with E-state index in [4.69, 9.17) is 9.47 Å². The fourth-order valence-electron chi connectivity index (χ4n) is 2.36. The van der Waals surface area contributed by atoms with Gasteiger partial charge in [-0.25, -0.2) is 4.39 Å². The lowest BCUT2D eigenvalue weighted by molar-refractivity contribution is 0.169. The number of rotatable bonds is 9. The Balaban J connectivity index is 3.03. The van der Waals surface area contributed by atoms with Crippen molar-refractivity contribution < 1.29 is 13.9 Å². The van der Waals surface area contributed by atoms with Crippen LogP contribution in [0.15, 0.2) is 18.2 Å². The molecule has 1 aromatic rings. The zero-order chi connectivity index (χ0) is 15.0. The van der Waals surface area contributed by atoms with Gasteiger partial charge in [0, 0.05) is 25.3 Å². The average Bonchev–Trinajstić information content (AvgIpc) is 2.46. The van der Waals surface area contributed by atoms with Crippen LogP contribution in [0.1, 0.15) is 38.3 Å². The fraction of sp³-hybridized carbons (Fsp3) is 0.625. The van der Waals surface area contributed by atoms with Gasteiger partial charge in [0.1, 0.15) is 11.6 Å². The van der Waals surface area contributed by atoms with E-state index >= 15 is 0 Å². The van der Waals surface area contributed by atoms with Gasteiger partial charge < -0.3 is 14.8 Å². The molecule has 2 unspecified atom stereocenters. The Bertz CT molecular complexity index is 398. The Kier molecular flexibility index (Phi) is 7.55. The topological polar surface area (TPSA) is 30.5 Å². The van der Waals surface area contributed by atoms with Crippen LogP contribution in [0.25, 0.3) is 0 Å². The molecule has 0 saturated heterocycles. The molecular weight excluding hydrogens is 257 g/mol. The third kappa shape index (κ3) is 4.46. The van der Waals surface area contributed by atoms with Crippen molar-refractivity contribution in [2.75, 3.05) is 27.4 Å². The molecule has 20 heavy (non-hydrogen) atoms. The Morgan fingerprint density at radius 1 is 1.30 bits per heavy atom.